The summed E-state index contributed by atoms with van der Waals surface area (Å²) < 4.78 is 10.8. The molecule has 1 saturated heterocycles. The molecule has 0 saturated carbocycles. The highest BCUT2D eigenvalue weighted by Gasteiger charge is 2.35. The number of benzene rings is 1. The zero-order valence-electron chi connectivity index (χ0n) is 18.7. The minimum Gasteiger partial charge on any atom is -0.447 e. The molecule has 0 spiro atoms. The molecule has 1 fully saturated rings. The Kier molecular flexibility index (Phi) is 8.85. The molecule has 1 aromatic carbocycles. The first-order valence-electron chi connectivity index (χ1n) is 10.5. The number of nitrogens with zero attached hydrogens (tertiary/aromatic N) is 2. The molecule has 34 heavy (non-hydrogen) atoms. The van der Waals surface area contributed by atoms with E-state index >= 15 is 0 Å². The van der Waals surface area contributed by atoms with Gasteiger partial charge >= 0.3 is 6.09 Å². The van der Waals surface area contributed by atoms with E-state index in [4.69, 9.17) is 21.1 Å². The molecule has 182 valence electrons. The number of nitrogens with one attached hydrogen (secondary N) is 2. The third-order valence-corrected chi connectivity index (χ3v) is 5.84. The van der Waals surface area contributed by atoms with Gasteiger partial charge in [0.25, 0.3) is 17.7 Å². The number of rotatable bonds is 8. The van der Waals surface area contributed by atoms with Gasteiger partial charge in [-0.05, 0) is 38.1 Å². The number of hydrogen-bond donors (Lipinski definition) is 2. The molecule has 0 aliphatic carbocycles. The molecule has 2 N–H and O–H groups in total. The second kappa shape index (κ2) is 11.8. The van der Waals surface area contributed by atoms with Crippen LogP contribution < -0.4 is 15.6 Å². The Morgan fingerprint density at radius 1 is 1.21 bits per heavy atom. The number of carbonyl (C=O) groups is 4. The molecule has 1 unspecified atom stereocenters. The van der Waals surface area contributed by atoms with Crippen molar-refractivity contribution >= 4 is 52.4 Å². The molecule has 1 aliphatic heterocycles. The van der Waals surface area contributed by atoms with Crippen molar-refractivity contribution in [2.45, 2.75) is 26.0 Å². The fourth-order valence-electron chi connectivity index (χ4n) is 3.13. The van der Waals surface area contributed by atoms with Crippen LogP contribution in [0.3, 0.4) is 0 Å². The number of amides is 4. The van der Waals surface area contributed by atoms with Gasteiger partial charge in [0.1, 0.15) is 12.6 Å². The number of morpholine rings is 1. The van der Waals surface area contributed by atoms with Crippen LogP contribution in [-0.4, -0.2) is 67.3 Å². The van der Waals surface area contributed by atoms with Gasteiger partial charge in [-0.2, -0.15) is 0 Å². The monoisotopic (exact) mass is 508 g/mol. The van der Waals surface area contributed by atoms with Gasteiger partial charge in [0, 0.05) is 6.54 Å². The van der Waals surface area contributed by atoms with E-state index < -0.39 is 36.0 Å². The molecule has 1 atom stereocenters. The van der Waals surface area contributed by atoms with Crippen LogP contribution in [0.2, 0.25) is 4.34 Å². The molecular formula is C22H25ClN4O6S. The fourth-order valence-corrected chi connectivity index (χ4v) is 4.09. The van der Waals surface area contributed by atoms with E-state index in [1.165, 1.54) is 10.0 Å². The Labute approximate surface area is 205 Å². The Bertz CT molecular complexity index is 1030. The van der Waals surface area contributed by atoms with Crippen LogP contribution in [0.15, 0.2) is 42.5 Å². The Balaban J connectivity index is 1.87. The maximum Gasteiger partial charge on any atom is 0.408 e. The summed E-state index contributed by atoms with van der Waals surface area (Å²) in [5, 5.41) is 7.61. The SMILES string of the molecule is CC(C)OC(=O)NC(CNC(=O)c1ccc(Cl)s1)C(=O)N(c1ccccc1)N1CCOCC1=O. The summed E-state index contributed by atoms with van der Waals surface area (Å²) in [6.45, 7) is 3.29. The van der Waals surface area contributed by atoms with E-state index in [0.29, 0.717) is 14.9 Å². The number of carbonyl (C=O) groups excluding carboxylic acids is 4. The first kappa shape index (κ1) is 25.5. The minimum atomic E-state index is -1.23. The Hall–Kier alpha value is -3.15. The quantitative estimate of drug-likeness (QED) is 0.565. The molecule has 4 amide bonds. The van der Waals surface area contributed by atoms with Crippen molar-refractivity contribution in [3.05, 3.63) is 51.7 Å². The average molecular weight is 509 g/mol. The van der Waals surface area contributed by atoms with Gasteiger partial charge < -0.3 is 20.1 Å². The minimum absolute atomic E-state index is 0.142. The standard InChI is InChI=1S/C22H25ClN4O6S/c1-14(2)33-22(31)25-16(12-24-20(29)17-8-9-18(23)34-17)21(30)27(15-6-4-3-5-7-15)26-10-11-32-13-19(26)28/h3-9,14,16H,10-13H2,1-2H3,(H,24,29)(H,25,31). The largest absolute Gasteiger partial charge is 0.447 e. The number of alkyl carbamates (subject to hydrolysis) is 1. The lowest BCUT2D eigenvalue weighted by Gasteiger charge is -2.38. The summed E-state index contributed by atoms with van der Waals surface area (Å²) in [5.41, 5.74) is 0.420. The highest BCUT2D eigenvalue weighted by Crippen LogP contribution is 2.22. The lowest BCUT2D eigenvalue weighted by atomic mass is 10.2. The maximum absolute atomic E-state index is 13.7. The van der Waals surface area contributed by atoms with Crippen LogP contribution in [0.4, 0.5) is 10.5 Å². The highest BCUT2D eigenvalue weighted by atomic mass is 35.5. The van der Waals surface area contributed by atoms with Crippen molar-refractivity contribution < 1.29 is 28.7 Å². The third-order valence-electron chi connectivity index (χ3n) is 4.61. The molecule has 2 heterocycles. The molecule has 0 radical (unpaired) electrons. The summed E-state index contributed by atoms with van der Waals surface area (Å²) in [7, 11) is 0. The predicted octanol–water partition coefficient (Wildman–Crippen LogP) is 2.44. The predicted molar refractivity (Wildman–Crippen MR) is 127 cm³/mol. The lowest BCUT2D eigenvalue weighted by Crippen LogP contribution is -2.61. The van der Waals surface area contributed by atoms with Gasteiger partial charge in [0.2, 0.25) is 0 Å². The number of hydrogen-bond acceptors (Lipinski definition) is 7. The number of halogens is 1. The van der Waals surface area contributed by atoms with Crippen LogP contribution >= 0.6 is 22.9 Å². The van der Waals surface area contributed by atoms with E-state index in [1.54, 1.807) is 56.3 Å². The Morgan fingerprint density at radius 3 is 2.56 bits per heavy atom. The zero-order valence-corrected chi connectivity index (χ0v) is 20.2. The van der Waals surface area contributed by atoms with Crippen LogP contribution in [0, 0.1) is 0 Å². The molecule has 3 rings (SSSR count). The summed E-state index contributed by atoms with van der Waals surface area (Å²) in [6, 6.07) is 10.5. The molecular weight excluding hydrogens is 484 g/mol. The van der Waals surface area contributed by atoms with Gasteiger partial charge in [0.05, 0.1) is 34.2 Å². The fraction of sp³-hybridized carbons (Fsp3) is 0.364. The summed E-state index contributed by atoms with van der Waals surface area (Å²) in [5.74, 6) is -1.50. The smallest absolute Gasteiger partial charge is 0.408 e. The number of ether oxygens (including phenoxy) is 2. The lowest BCUT2D eigenvalue weighted by molar-refractivity contribution is -0.147. The average Bonchev–Trinajstić information content (AvgIpc) is 3.24. The van der Waals surface area contributed by atoms with Crippen molar-refractivity contribution in [3.63, 3.8) is 0 Å². The number of para-hydroxylation sites is 1. The van der Waals surface area contributed by atoms with E-state index in [9.17, 15) is 19.2 Å². The van der Waals surface area contributed by atoms with Crippen LogP contribution in [0.25, 0.3) is 0 Å². The van der Waals surface area contributed by atoms with Gasteiger partial charge in [0.15, 0.2) is 0 Å². The van der Waals surface area contributed by atoms with Gasteiger partial charge in [-0.15, -0.1) is 11.3 Å². The maximum atomic E-state index is 13.7. The first-order valence-corrected chi connectivity index (χ1v) is 11.7. The molecule has 12 heteroatoms. The number of hydrazine groups is 1. The van der Waals surface area contributed by atoms with Crippen molar-refractivity contribution in [1.82, 2.24) is 15.6 Å². The number of thiophene rings is 1. The van der Waals surface area contributed by atoms with Gasteiger partial charge in [-0.25, -0.2) is 14.8 Å². The van der Waals surface area contributed by atoms with Gasteiger partial charge in [-0.3, -0.25) is 14.4 Å². The normalized spacial score (nSPS) is 14.5. The van der Waals surface area contributed by atoms with E-state index in [1.807, 2.05) is 0 Å². The zero-order chi connectivity index (χ0) is 24.7. The second-order valence-electron chi connectivity index (χ2n) is 7.52. The summed E-state index contributed by atoms with van der Waals surface area (Å²) in [4.78, 5) is 51.5. The van der Waals surface area contributed by atoms with Crippen LogP contribution in [0.1, 0.15) is 23.5 Å². The Morgan fingerprint density at radius 2 is 1.94 bits per heavy atom. The molecule has 1 aliphatic rings. The van der Waals surface area contributed by atoms with Crippen molar-refractivity contribution in [2.75, 3.05) is 31.3 Å². The summed E-state index contributed by atoms with van der Waals surface area (Å²) in [6.07, 6.45) is -1.26. The third kappa shape index (κ3) is 6.69. The summed E-state index contributed by atoms with van der Waals surface area (Å²) >= 11 is 6.98. The van der Waals surface area contributed by atoms with Crippen molar-refractivity contribution in [2.24, 2.45) is 0 Å². The van der Waals surface area contributed by atoms with Gasteiger partial charge in [-0.1, -0.05) is 29.8 Å². The van der Waals surface area contributed by atoms with Crippen LogP contribution in [0.5, 0.6) is 0 Å². The van der Waals surface area contributed by atoms with Crippen LogP contribution in [-0.2, 0) is 19.1 Å². The highest BCUT2D eigenvalue weighted by molar-refractivity contribution is 7.18. The molecule has 1 aromatic heterocycles. The van der Waals surface area contributed by atoms with E-state index in [-0.39, 0.29) is 26.3 Å². The molecule has 10 nitrogen and oxygen atoms in total. The topological polar surface area (TPSA) is 117 Å². The first-order chi connectivity index (χ1) is 16.3. The van der Waals surface area contributed by atoms with E-state index in [2.05, 4.69) is 10.6 Å². The van der Waals surface area contributed by atoms with Crippen molar-refractivity contribution in [3.8, 4) is 0 Å². The van der Waals surface area contributed by atoms with Crippen molar-refractivity contribution in [1.29, 1.82) is 0 Å². The number of anilines is 1. The molecule has 2 aromatic rings. The van der Waals surface area contributed by atoms with E-state index in [0.717, 1.165) is 11.3 Å². The second-order valence-corrected chi connectivity index (χ2v) is 9.23. The molecule has 0 bridgehead atoms.